The molecule has 100 valence electrons. The van der Waals surface area contributed by atoms with Crippen LogP contribution < -0.4 is 5.73 Å². The summed E-state index contributed by atoms with van der Waals surface area (Å²) in [7, 11) is 0. The number of aromatic nitrogens is 2. The van der Waals surface area contributed by atoms with Gasteiger partial charge in [0.2, 0.25) is 0 Å². The molecule has 0 aliphatic heterocycles. The third-order valence-corrected chi connectivity index (χ3v) is 3.02. The molecule has 1 heterocycles. The Morgan fingerprint density at radius 3 is 2.68 bits per heavy atom. The average molecular weight is 259 g/mol. The van der Waals surface area contributed by atoms with Gasteiger partial charge in [-0.2, -0.15) is 0 Å². The second-order valence-corrected chi connectivity index (χ2v) is 4.91. The average Bonchev–Trinajstić information content (AvgIpc) is 2.40. The minimum absolute atomic E-state index is 0.189. The molecule has 0 saturated carbocycles. The molecule has 1 aromatic heterocycles. The fourth-order valence-corrected chi connectivity index (χ4v) is 1.86. The number of hydrogen-bond acceptors (Lipinski definition) is 3. The number of rotatable bonds is 4. The van der Waals surface area contributed by atoms with E-state index >= 15 is 0 Å². The SMILES string of the molecule is CC(C)c1ccnc(CCc2ccc(F)c(N)c2)n1. The van der Waals surface area contributed by atoms with Gasteiger partial charge in [-0.15, -0.1) is 0 Å². The van der Waals surface area contributed by atoms with Crippen LogP contribution in [0.15, 0.2) is 30.5 Å². The van der Waals surface area contributed by atoms with Gasteiger partial charge in [0.15, 0.2) is 0 Å². The molecule has 0 radical (unpaired) electrons. The molecule has 0 aliphatic rings. The summed E-state index contributed by atoms with van der Waals surface area (Å²) in [6.45, 7) is 4.21. The van der Waals surface area contributed by atoms with E-state index in [2.05, 4.69) is 23.8 Å². The zero-order valence-electron chi connectivity index (χ0n) is 11.2. The van der Waals surface area contributed by atoms with Gasteiger partial charge in [0.1, 0.15) is 11.6 Å². The summed E-state index contributed by atoms with van der Waals surface area (Å²) in [5.41, 5.74) is 7.78. The Morgan fingerprint density at radius 1 is 1.21 bits per heavy atom. The Morgan fingerprint density at radius 2 is 2.00 bits per heavy atom. The minimum atomic E-state index is -0.373. The van der Waals surface area contributed by atoms with Crippen LogP contribution in [0.1, 0.15) is 36.8 Å². The fraction of sp³-hybridized carbons (Fsp3) is 0.333. The van der Waals surface area contributed by atoms with Crippen molar-refractivity contribution in [2.45, 2.75) is 32.6 Å². The van der Waals surface area contributed by atoms with Gasteiger partial charge in [-0.05, 0) is 36.1 Å². The van der Waals surface area contributed by atoms with Crippen molar-refractivity contribution in [3.05, 3.63) is 53.4 Å². The lowest BCUT2D eigenvalue weighted by atomic mass is 10.1. The molecule has 2 aromatic rings. The minimum Gasteiger partial charge on any atom is -0.396 e. The van der Waals surface area contributed by atoms with E-state index in [1.165, 1.54) is 6.07 Å². The lowest BCUT2D eigenvalue weighted by molar-refractivity contribution is 0.631. The topological polar surface area (TPSA) is 51.8 Å². The molecule has 0 amide bonds. The first-order chi connectivity index (χ1) is 9.06. The van der Waals surface area contributed by atoms with E-state index in [0.717, 1.165) is 29.9 Å². The van der Waals surface area contributed by atoms with Crippen molar-refractivity contribution in [3.63, 3.8) is 0 Å². The summed E-state index contributed by atoms with van der Waals surface area (Å²) in [6, 6.07) is 6.75. The smallest absolute Gasteiger partial charge is 0.146 e. The second kappa shape index (κ2) is 5.78. The summed E-state index contributed by atoms with van der Waals surface area (Å²) in [5, 5.41) is 0. The highest BCUT2D eigenvalue weighted by molar-refractivity contribution is 5.42. The molecule has 0 saturated heterocycles. The lowest BCUT2D eigenvalue weighted by Crippen LogP contribution is -2.02. The molecule has 19 heavy (non-hydrogen) atoms. The monoisotopic (exact) mass is 259 g/mol. The van der Waals surface area contributed by atoms with Crippen LogP contribution in [0.3, 0.4) is 0 Å². The molecule has 2 N–H and O–H groups in total. The normalized spacial score (nSPS) is 10.9. The first-order valence-electron chi connectivity index (χ1n) is 6.42. The number of nitrogens with zero attached hydrogens (tertiary/aromatic N) is 2. The highest BCUT2D eigenvalue weighted by atomic mass is 19.1. The fourth-order valence-electron chi connectivity index (χ4n) is 1.86. The van der Waals surface area contributed by atoms with Crippen LogP contribution in [-0.4, -0.2) is 9.97 Å². The van der Waals surface area contributed by atoms with Crippen LogP contribution in [0.5, 0.6) is 0 Å². The van der Waals surface area contributed by atoms with E-state index in [4.69, 9.17) is 5.73 Å². The predicted octanol–water partition coefficient (Wildman–Crippen LogP) is 3.11. The van der Waals surface area contributed by atoms with Crippen molar-refractivity contribution in [2.24, 2.45) is 0 Å². The van der Waals surface area contributed by atoms with Crippen molar-refractivity contribution in [1.82, 2.24) is 9.97 Å². The van der Waals surface area contributed by atoms with Gasteiger partial charge >= 0.3 is 0 Å². The molecule has 0 aliphatic carbocycles. The first kappa shape index (κ1) is 13.5. The van der Waals surface area contributed by atoms with Crippen molar-refractivity contribution in [2.75, 3.05) is 5.73 Å². The van der Waals surface area contributed by atoms with Gasteiger partial charge in [-0.25, -0.2) is 14.4 Å². The number of halogens is 1. The van der Waals surface area contributed by atoms with Crippen LogP contribution in [0.25, 0.3) is 0 Å². The van der Waals surface area contributed by atoms with Gasteiger partial charge < -0.3 is 5.73 Å². The molecule has 0 bridgehead atoms. The maximum absolute atomic E-state index is 13.1. The van der Waals surface area contributed by atoms with Crippen LogP contribution >= 0.6 is 0 Å². The molecule has 1 aromatic carbocycles. The predicted molar refractivity (Wildman–Crippen MR) is 74.3 cm³/mol. The Bertz CT molecular complexity index is 567. The summed E-state index contributed by atoms with van der Waals surface area (Å²) in [4.78, 5) is 8.77. The first-order valence-corrected chi connectivity index (χ1v) is 6.42. The molecule has 0 fully saturated rings. The molecular formula is C15H18FN3. The maximum Gasteiger partial charge on any atom is 0.146 e. The second-order valence-electron chi connectivity index (χ2n) is 4.91. The number of nitrogen functional groups attached to an aromatic ring is 1. The van der Waals surface area contributed by atoms with Gasteiger partial charge in [0.25, 0.3) is 0 Å². The van der Waals surface area contributed by atoms with Crippen LogP contribution in [0, 0.1) is 5.82 Å². The zero-order chi connectivity index (χ0) is 13.8. The van der Waals surface area contributed by atoms with E-state index in [0.29, 0.717) is 5.92 Å². The van der Waals surface area contributed by atoms with Crippen LogP contribution in [-0.2, 0) is 12.8 Å². The van der Waals surface area contributed by atoms with Crippen LogP contribution in [0.4, 0.5) is 10.1 Å². The molecule has 0 atom stereocenters. The Labute approximate surface area is 112 Å². The van der Waals surface area contributed by atoms with Gasteiger partial charge in [0, 0.05) is 18.3 Å². The Balaban J connectivity index is 2.05. The molecular weight excluding hydrogens is 241 g/mol. The zero-order valence-corrected chi connectivity index (χ0v) is 11.2. The van der Waals surface area contributed by atoms with E-state index in [9.17, 15) is 4.39 Å². The Kier molecular flexibility index (Phi) is 4.10. The van der Waals surface area contributed by atoms with Crippen molar-refractivity contribution < 1.29 is 4.39 Å². The molecule has 4 heteroatoms. The van der Waals surface area contributed by atoms with Crippen molar-refractivity contribution >= 4 is 5.69 Å². The quantitative estimate of drug-likeness (QED) is 0.858. The standard InChI is InChI=1S/C15H18FN3/c1-10(2)14-7-8-18-15(19-14)6-4-11-3-5-12(16)13(17)9-11/h3,5,7-10H,4,6,17H2,1-2H3. The lowest BCUT2D eigenvalue weighted by Gasteiger charge is -2.07. The van der Waals surface area contributed by atoms with Gasteiger partial charge in [-0.3, -0.25) is 0 Å². The van der Waals surface area contributed by atoms with Crippen LogP contribution in [0.2, 0.25) is 0 Å². The van der Waals surface area contributed by atoms with E-state index < -0.39 is 0 Å². The number of benzene rings is 1. The van der Waals surface area contributed by atoms with Crippen molar-refractivity contribution in [3.8, 4) is 0 Å². The molecule has 0 unspecified atom stereocenters. The van der Waals surface area contributed by atoms with E-state index in [1.807, 2.05) is 6.07 Å². The number of anilines is 1. The highest BCUT2D eigenvalue weighted by Gasteiger charge is 2.05. The van der Waals surface area contributed by atoms with Crippen molar-refractivity contribution in [1.29, 1.82) is 0 Å². The summed E-state index contributed by atoms with van der Waals surface area (Å²) < 4.78 is 13.1. The van der Waals surface area contributed by atoms with Gasteiger partial charge in [0.05, 0.1) is 5.69 Å². The summed E-state index contributed by atoms with van der Waals surface area (Å²) >= 11 is 0. The number of nitrogens with two attached hydrogens (primary N) is 1. The summed E-state index contributed by atoms with van der Waals surface area (Å²) in [6.07, 6.45) is 3.27. The Hall–Kier alpha value is -1.97. The number of hydrogen-bond donors (Lipinski definition) is 1. The number of aryl methyl sites for hydroxylation is 2. The highest BCUT2D eigenvalue weighted by Crippen LogP contribution is 2.15. The third kappa shape index (κ3) is 3.50. The molecule has 2 rings (SSSR count). The summed E-state index contributed by atoms with van der Waals surface area (Å²) in [5.74, 6) is 0.833. The maximum atomic E-state index is 13.1. The molecule has 0 spiro atoms. The third-order valence-electron chi connectivity index (χ3n) is 3.02. The van der Waals surface area contributed by atoms with E-state index in [1.54, 1.807) is 18.3 Å². The largest absolute Gasteiger partial charge is 0.396 e. The van der Waals surface area contributed by atoms with Gasteiger partial charge in [-0.1, -0.05) is 19.9 Å². The van der Waals surface area contributed by atoms with E-state index in [-0.39, 0.29) is 11.5 Å². The molecule has 3 nitrogen and oxygen atoms in total.